The Bertz CT molecular complexity index is 1650. The summed E-state index contributed by atoms with van der Waals surface area (Å²) in [5.74, 6) is 0.331. The number of nitriles is 1. The summed E-state index contributed by atoms with van der Waals surface area (Å²) in [4.78, 5) is 41.4. The lowest BCUT2D eigenvalue weighted by Crippen LogP contribution is -2.47. The maximum atomic E-state index is 13.4. The van der Waals surface area contributed by atoms with Crippen LogP contribution in [0, 0.1) is 11.3 Å². The van der Waals surface area contributed by atoms with Gasteiger partial charge in [0.15, 0.2) is 0 Å². The van der Waals surface area contributed by atoms with E-state index in [2.05, 4.69) is 38.2 Å². The zero-order valence-electron chi connectivity index (χ0n) is 24.0. The number of rotatable bonds is 7. The average Bonchev–Trinajstić information content (AvgIpc) is 3.00. The molecule has 1 aliphatic rings. The summed E-state index contributed by atoms with van der Waals surface area (Å²) in [6.07, 6.45) is 0.317. The molecule has 0 radical (unpaired) electrons. The molecule has 0 bridgehead atoms. The van der Waals surface area contributed by atoms with Crippen LogP contribution in [0.15, 0.2) is 66.7 Å². The number of nitrogens with zero attached hydrogens (tertiary/aromatic N) is 6. The van der Waals surface area contributed by atoms with E-state index in [0.29, 0.717) is 23.1 Å². The van der Waals surface area contributed by atoms with Crippen LogP contribution in [-0.4, -0.2) is 84.9 Å². The van der Waals surface area contributed by atoms with Gasteiger partial charge in [0.25, 0.3) is 5.91 Å². The van der Waals surface area contributed by atoms with Crippen LogP contribution in [0.5, 0.6) is 0 Å². The Balaban J connectivity index is 1.36. The summed E-state index contributed by atoms with van der Waals surface area (Å²) in [5, 5.41) is 13.0. The Kier molecular flexibility index (Phi) is 8.31. The Morgan fingerprint density at radius 3 is 2.43 bits per heavy atom. The van der Waals surface area contributed by atoms with E-state index in [1.807, 2.05) is 48.5 Å². The molecule has 0 spiro atoms. The third-order valence-electron chi connectivity index (χ3n) is 7.52. The zero-order chi connectivity index (χ0) is 29.8. The van der Waals surface area contributed by atoms with E-state index in [4.69, 9.17) is 5.73 Å². The number of nitrogen functional groups attached to an aromatic ring is 1. The molecule has 0 aliphatic carbocycles. The number of anilines is 2. The molecule has 10 heteroatoms. The van der Waals surface area contributed by atoms with Crippen molar-refractivity contribution in [1.82, 2.24) is 25.1 Å². The second-order valence-electron chi connectivity index (χ2n) is 10.8. The normalized spacial score (nSPS) is 14.3. The molecule has 5 rings (SSSR count). The summed E-state index contributed by atoms with van der Waals surface area (Å²) in [5.41, 5.74) is 10.4. The topological polar surface area (TPSA) is 131 Å². The fourth-order valence-corrected chi connectivity index (χ4v) is 5.12. The van der Waals surface area contributed by atoms with Gasteiger partial charge in [0.2, 0.25) is 11.9 Å². The molecule has 3 aromatic carbocycles. The van der Waals surface area contributed by atoms with Gasteiger partial charge in [-0.25, -0.2) is 4.98 Å². The monoisotopic (exact) mass is 562 g/mol. The van der Waals surface area contributed by atoms with Crippen molar-refractivity contribution in [3.63, 3.8) is 0 Å². The van der Waals surface area contributed by atoms with E-state index >= 15 is 0 Å². The number of aromatic nitrogens is 2. The lowest BCUT2D eigenvalue weighted by Gasteiger charge is -2.33. The number of nitrogens with one attached hydrogen (secondary N) is 1. The van der Waals surface area contributed by atoms with E-state index in [0.717, 1.165) is 54.1 Å². The Morgan fingerprint density at radius 2 is 1.74 bits per heavy atom. The molecule has 1 aromatic heterocycles. The number of piperazine rings is 1. The first-order valence-corrected chi connectivity index (χ1v) is 13.8. The first-order chi connectivity index (χ1) is 20.2. The number of benzene rings is 3. The Morgan fingerprint density at radius 1 is 1.00 bits per heavy atom. The van der Waals surface area contributed by atoms with Crippen LogP contribution in [0.25, 0.3) is 22.0 Å². The van der Waals surface area contributed by atoms with E-state index < -0.39 is 6.04 Å². The van der Waals surface area contributed by atoms with E-state index in [1.165, 1.54) is 4.90 Å². The molecular weight excluding hydrogens is 528 g/mol. The standard InChI is InChI=1S/C32H34N8O2/c1-38(2)31(42)28(18-21-7-9-23(10-8-21)24-6-4-5-22(17-24)20-33)35-30(41)25-11-12-26-27(19-25)36-32(34)37-29(26)40-15-13-39(3)14-16-40/h4-12,17,19,28H,13-16,18H2,1-3H3,(H,35,41)(H2,34,36,37)/t28-/m0/s1. The minimum Gasteiger partial charge on any atom is -0.368 e. The van der Waals surface area contributed by atoms with Crippen LogP contribution >= 0.6 is 0 Å². The van der Waals surface area contributed by atoms with Crippen LogP contribution < -0.4 is 16.0 Å². The first-order valence-electron chi connectivity index (χ1n) is 13.8. The quantitative estimate of drug-likeness (QED) is 0.352. The van der Waals surface area contributed by atoms with Crippen molar-refractivity contribution < 1.29 is 9.59 Å². The SMILES string of the molecule is CN1CCN(c2nc(N)nc3cc(C(=O)N[C@@H](Cc4ccc(-c5cccc(C#N)c5)cc4)C(=O)N(C)C)ccc23)CC1. The highest BCUT2D eigenvalue weighted by Crippen LogP contribution is 2.27. The third-order valence-corrected chi connectivity index (χ3v) is 7.52. The molecule has 214 valence electrons. The van der Waals surface area contributed by atoms with Gasteiger partial charge in [0.05, 0.1) is 17.1 Å². The molecule has 1 aliphatic heterocycles. The van der Waals surface area contributed by atoms with Crippen LogP contribution in [0.4, 0.5) is 11.8 Å². The minimum atomic E-state index is -0.771. The van der Waals surface area contributed by atoms with Crippen LogP contribution in [0.3, 0.4) is 0 Å². The molecule has 42 heavy (non-hydrogen) atoms. The van der Waals surface area contributed by atoms with Crippen molar-refractivity contribution >= 4 is 34.5 Å². The van der Waals surface area contributed by atoms with E-state index in [1.54, 1.807) is 32.3 Å². The summed E-state index contributed by atoms with van der Waals surface area (Å²) >= 11 is 0. The maximum Gasteiger partial charge on any atom is 0.252 e. The van der Waals surface area contributed by atoms with Gasteiger partial charge in [-0.15, -0.1) is 0 Å². The lowest BCUT2D eigenvalue weighted by atomic mass is 9.99. The summed E-state index contributed by atoms with van der Waals surface area (Å²) in [7, 11) is 5.43. The molecule has 0 unspecified atom stereocenters. The Labute approximate surface area is 245 Å². The number of carbonyl (C=O) groups excluding carboxylic acids is 2. The predicted molar refractivity (Wildman–Crippen MR) is 164 cm³/mol. The smallest absolute Gasteiger partial charge is 0.252 e. The second kappa shape index (κ2) is 12.2. The lowest BCUT2D eigenvalue weighted by molar-refractivity contribution is -0.130. The number of likely N-dealkylation sites (N-methyl/N-ethyl adjacent to an activating group) is 2. The van der Waals surface area contributed by atoms with Gasteiger partial charge in [-0.3, -0.25) is 9.59 Å². The zero-order valence-corrected chi connectivity index (χ0v) is 24.0. The highest BCUT2D eigenvalue weighted by atomic mass is 16.2. The van der Waals surface area contributed by atoms with Crippen molar-refractivity contribution in [2.24, 2.45) is 0 Å². The van der Waals surface area contributed by atoms with Gasteiger partial charge >= 0.3 is 0 Å². The van der Waals surface area contributed by atoms with Gasteiger partial charge in [-0.1, -0.05) is 36.4 Å². The van der Waals surface area contributed by atoms with Crippen molar-refractivity contribution in [3.05, 3.63) is 83.4 Å². The first kappa shape index (κ1) is 28.5. The second-order valence-corrected chi connectivity index (χ2v) is 10.8. The molecule has 4 aromatic rings. The third kappa shape index (κ3) is 6.32. The number of hydrogen-bond acceptors (Lipinski definition) is 8. The van der Waals surface area contributed by atoms with E-state index in [9.17, 15) is 14.9 Å². The van der Waals surface area contributed by atoms with Gasteiger partial charge in [-0.2, -0.15) is 10.2 Å². The molecule has 1 fully saturated rings. The molecule has 0 saturated carbocycles. The predicted octanol–water partition coefficient (Wildman–Crippen LogP) is 2.93. The van der Waals surface area contributed by atoms with Crippen molar-refractivity contribution in [2.75, 3.05) is 58.0 Å². The molecule has 1 atom stereocenters. The minimum absolute atomic E-state index is 0.150. The number of fused-ring (bicyclic) bond motifs is 1. The Hall–Kier alpha value is -5.01. The molecule has 3 N–H and O–H groups in total. The average molecular weight is 563 g/mol. The van der Waals surface area contributed by atoms with Crippen LogP contribution in [0.2, 0.25) is 0 Å². The summed E-state index contributed by atoms with van der Waals surface area (Å²) in [6, 6.07) is 21.9. The number of amides is 2. The van der Waals surface area contributed by atoms with Crippen molar-refractivity contribution in [1.29, 1.82) is 5.26 Å². The number of hydrogen-bond donors (Lipinski definition) is 2. The fourth-order valence-electron chi connectivity index (χ4n) is 5.12. The van der Waals surface area contributed by atoms with Crippen LogP contribution in [-0.2, 0) is 11.2 Å². The molecule has 2 amide bonds. The number of nitrogens with two attached hydrogens (primary N) is 1. The van der Waals surface area contributed by atoms with Gasteiger partial charge < -0.3 is 25.8 Å². The highest BCUT2D eigenvalue weighted by molar-refractivity contribution is 6.02. The van der Waals surface area contributed by atoms with Gasteiger partial charge in [-0.05, 0) is 54.1 Å². The molecular formula is C32H34N8O2. The fraction of sp³-hybridized carbons (Fsp3) is 0.281. The van der Waals surface area contributed by atoms with Crippen LogP contribution in [0.1, 0.15) is 21.5 Å². The van der Waals surface area contributed by atoms with Gasteiger partial charge in [0.1, 0.15) is 11.9 Å². The van der Waals surface area contributed by atoms with Crippen molar-refractivity contribution in [2.45, 2.75) is 12.5 Å². The summed E-state index contributed by atoms with van der Waals surface area (Å²) in [6.45, 7) is 3.49. The highest BCUT2D eigenvalue weighted by Gasteiger charge is 2.25. The molecule has 2 heterocycles. The van der Waals surface area contributed by atoms with Crippen molar-refractivity contribution in [3.8, 4) is 17.2 Å². The largest absolute Gasteiger partial charge is 0.368 e. The summed E-state index contributed by atoms with van der Waals surface area (Å²) < 4.78 is 0. The molecule has 10 nitrogen and oxygen atoms in total. The van der Waals surface area contributed by atoms with E-state index in [-0.39, 0.29) is 17.8 Å². The number of carbonyl (C=O) groups is 2. The maximum absolute atomic E-state index is 13.4. The van der Waals surface area contributed by atoms with Gasteiger partial charge in [0, 0.05) is 57.6 Å². The molecule has 1 saturated heterocycles.